The molecule has 0 aliphatic carbocycles. The highest BCUT2D eigenvalue weighted by atomic mass is 16.5. The van der Waals surface area contributed by atoms with Crippen molar-refractivity contribution in [3.63, 3.8) is 0 Å². The van der Waals surface area contributed by atoms with Crippen molar-refractivity contribution >= 4 is 0 Å². The highest BCUT2D eigenvalue weighted by Gasteiger charge is 2.13. The zero-order valence-corrected chi connectivity index (χ0v) is 11.0. The van der Waals surface area contributed by atoms with Gasteiger partial charge >= 0.3 is 0 Å². The number of nitrogens with one attached hydrogen (secondary N) is 1. The quantitative estimate of drug-likeness (QED) is 0.827. The van der Waals surface area contributed by atoms with Crippen LogP contribution in [-0.2, 0) is 0 Å². The van der Waals surface area contributed by atoms with Crippen molar-refractivity contribution in [3.8, 4) is 11.5 Å². The monoisotopic (exact) mass is 256 g/mol. The molecule has 4 nitrogen and oxygen atoms in total. The van der Waals surface area contributed by atoms with E-state index in [1.165, 1.54) is 0 Å². The summed E-state index contributed by atoms with van der Waals surface area (Å²) in [4.78, 5) is 0. The summed E-state index contributed by atoms with van der Waals surface area (Å²) in [5, 5.41) is 3.71. The molecule has 2 aromatic rings. The molecule has 0 unspecified atom stereocenters. The van der Waals surface area contributed by atoms with Crippen molar-refractivity contribution in [1.29, 1.82) is 5.53 Å². The second-order valence-corrected chi connectivity index (χ2v) is 4.08. The van der Waals surface area contributed by atoms with Crippen LogP contribution < -0.4 is 9.47 Å². The molecular formula is C15H16N2O2. The Morgan fingerprint density at radius 2 is 1.16 bits per heavy atom. The van der Waals surface area contributed by atoms with Gasteiger partial charge in [-0.3, -0.25) is 0 Å². The van der Waals surface area contributed by atoms with Gasteiger partial charge in [-0.15, -0.1) is 0 Å². The summed E-state index contributed by atoms with van der Waals surface area (Å²) < 4.78 is 10.2. The van der Waals surface area contributed by atoms with Crippen LogP contribution in [0, 0.1) is 5.53 Å². The van der Waals surface area contributed by atoms with Gasteiger partial charge in [0.1, 0.15) is 17.5 Å². The molecular weight excluding hydrogens is 240 g/mol. The molecule has 0 amide bonds. The van der Waals surface area contributed by atoms with Crippen LogP contribution in [0.5, 0.6) is 11.5 Å². The zero-order chi connectivity index (χ0) is 13.7. The predicted molar refractivity (Wildman–Crippen MR) is 73.0 cm³/mol. The van der Waals surface area contributed by atoms with Gasteiger partial charge in [0.15, 0.2) is 0 Å². The number of hydrogen-bond donors (Lipinski definition) is 1. The summed E-state index contributed by atoms with van der Waals surface area (Å²) in [5.41, 5.74) is 9.31. The van der Waals surface area contributed by atoms with E-state index in [1.807, 2.05) is 48.5 Å². The first kappa shape index (κ1) is 13.1. The maximum Gasteiger partial charge on any atom is 0.121 e. The molecule has 0 atom stereocenters. The van der Waals surface area contributed by atoms with Crippen molar-refractivity contribution in [3.05, 3.63) is 59.7 Å². The van der Waals surface area contributed by atoms with Crippen LogP contribution >= 0.6 is 0 Å². The minimum absolute atomic E-state index is 0.295. The van der Waals surface area contributed by atoms with Crippen LogP contribution in [0.1, 0.15) is 17.2 Å². The Balaban J connectivity index is 2.29. The van der Waals surface area contributed by atoms with E-state index in [2.05, 4.69) is 5.11 Å². The van der Waals surface area contributed by atoms with E-state index in [4.69, 9.17) is 15.0 Å². The van der Waals surface area contributed by atoms with Gasteiger partial charge < -0.3 is 9.47 Å². The second kappa shape index (κ2) is 6.00. The number of hydrogen-bond acceptors (Lipinski definition) is 4. The second-order valence-electron chi connectivity index (χ2n) is 4.08. The van der Waals surface area contributed by atoms with Gasteiger partial charge in [0.05, 0.1) is 14.2 Å². The highest BCUT2D eigenvalue weighted by Crippen LogP contribution is 2.28. The molecule has 1 N–H and O–H groups in total. The van der Waals surface area contributed by atoms with Crippen molar-refractivity contribution < 1.29 is 9.47 Å². The molecule has 0 heterocycles. The summed E-state index contributed by atoms with van der Waals surface area (Å²) in [5.74, 6) is 1.59. The fourth-order valence-electron chi connectivity index (χ4n) is 1.91. The van der Waals surface area contributed by atoms with Gasteiger partial charge in [-0.05, 0) is 35.4 Å². The number of rotatable bonds is 5. The fraction of sp³-hybridized carbons (Fsp3) is 0.200. The van der Waals surface area contributed by atoms with E-state index in [9.17, 15) is 0 Å². The lowest BCUT2D eigenvalue weighted by Crippen LogP contribution is -1.97. The number of ether oxygens (including phenoxy) is 2. The lowest BCUT2D eigenvalue weighted by molar-refractivity contribution is 0.414. The van der Waals surface area contributed by atoms with Gasteiger partial charge in [0.2, 0.25) is 0 Å². The summed E-state index contributed by atoms with van der Waals surface area (Å²) in [6.07, 6.45) is 0. The van der Waals surface area contributed by atoms with E-state index in [1.54, 1.807) is 14.2 Å². The Morgan fingerprint density at radius 3 is 1.42 bits per heavy atom. The van der Waals surface area contributed by atoms with Crippen LogP contribution in [0.15, 0.2) is 53.6 Å². The topological polar surface area (TPSA) is 54.7 Å². The maximum absolute atomic E-state index is 7.39. The third-order valence-corrected chi connectivity index (χ3v) is 2.99. The smallest absolute Gasteiger partial charge is 0.121 e. The van der Waals surface area contributed by atoms with Crippen LogP contribution in [-0.4, -0.2) is 14.2 Å². The summed E-state index contributed by atoms with van der Waals surface area (Å²) >= 11 is 0. The first-order valence-electron chi connectivity index (χ1n) is 5.93. The van der Waals surface area contributed by atoms with Crippen molar-refractivity contribution in [2.24, 2.45) is 5.11 Å². The summed E-state index contributed by atoms with van der Waals surface area (Å²) in [6.45, 7) is 0. The van der Waals surface area contributed by atoms with E-state index in [0.29, 0.717) is 0 Å². The van der Waals surface area contributed by atoms with Gasteiger partial charge in [0.25, 0.3) is 0 Å². The normalized spacial score (nSPS) is 10.3. The lowest BCUT2D eigenvalue weighted by atomic mass is 9.99. The van der Waals surface area contributed by atoms with Gasteiger partial charge in [-0.2, -0.15) is 5.11 Å². The molecule has 4 heteroatoms. The average molecular weight is 256 g/mol. The standard InChI is InChI=1S/C15H16N2O2/c1-18-13-7-3-11(4-8-13)15(17-16)12-5-9-14(19-2)10-6-12/h3-10,15-16H,1-2H3. The van der Waals surface area contributed by atoms with E-state index in [0.717, 1.165) is 22.6 Å². The molecule has 0 saturated carbocycles. The van der Waals surface area contributed by atoms with Crippen molar-refractivity contribution in [1.82, 2.24) is 0 Å². The first-order valence-corrected chi connectivity index (χ1v) is 5.93. The predicted octanol–water partition coefficient (Wildman–Crippen LogP) is 3.82. The first-order chi connectivity index (χ1) is 9.28. The molecule has 19 heavy (non-hydrogen) atoms. The Labute approximate surface area is 112 Å². The molecule has 0 fully saturated rings. The van der Waals surface area contributed by atoms with E-state index in [-0.39, 0.29) is 6.04 Å². The lowest BCUT2D eigenvalue weighted by Gasteiger charge is -2.12. The Morgan fingerprint density at radius 1 is 0.789 bits per heavy atom. The molecule has 2 rings (SSSR count). The molecule has 0 aromatic heterocycles. The molecule has 0 saturated heterocycles. The molecule has 0 radical (unpaired) electrons. The maximum atomic E-state index is 7.39. The zero-order valence-electron chi connectivity index (χ0n) is 11.0. The third kappa shape index (κ3) is 2.91. The molecule has 98 valence electrons. The number of nitrogens with zero attached hydrogens (tertiary/aromatic N) is 1. The Kier molecular flexibility index (Phi) is 4.13. The number of benzene rings is 2. The fourth-order valence-corrected chi connectivity index (χ4v) is 1.91. The van der Waals surface area contributed by atoms with Crippen LogP contribution in [0.2, 0.25) is 0 Å². The molecule has 0 spiro atoms. The van der Waals surface area contributed by atoms with E-state index >= 15 is 0 Å². The van der Waals surface area contributed by atoms with Gasteiger partial charge in [-0.25, -0.2) is 5.53 Å². The van der Waals surface area contributed by atoms with Gasteiger partial charge in [0, 0.05) is 0 Å². The molecule has 2 aromatic carbocycles. The molecule has 0 aliphatic heterocycles. The minimum Gasteiger partial charge on any atom is -0.497 e. The van der Waals surface area contributed by atoms with Crippen molar-refractivity contribution in [2.75, 3.05) is 14.2 Å². The van der Waals surface area contributed by atoms with Crippen LogP contribution in [0.3, 0.4) is 0 Å². The summed E-state index contributed by atoms with van der Waals surface area (Å²) in [6, 6.07) is 14.9. The Bertz CT molecular complexity index is 488. The Hall–Kier alpha value is -2.36. The molecule has 0 aliphatic rings. The molecule has 0 bridgehead atoms. The van der Waals surface area contributed by atoms with Crippen molar-refractivity contribution in [2.45, 2.75) is 6.04 Å². The minimum atomic E-state index is -0.295. The van der Waals surface area contributed by atoms with E-state index < -0.39 is 0 Å². The van der Waals surface area contributed by atoms with Gasteiger partial charge in [-0.1, -0.05) is 24.3 Å². The average Bonchev–Trinajstić information content (AvgIpc) is 2.49. The summed E-state index contributed by atoms with van der Waals surface area (Å²) in [7, 11) is 3.26. The highest BCUT2D eigenvalue weighted by molar-refractivity contribution is 5.37. The largest absolute Gasteiger partial charge is 0.497 e. The van der Waals surface area contributed by atoms with Crippen LogP contribution in [0.4, 0.5) is 0 Å². The SMILES string of the molecule is COc1ccc(C(N=N)c2ccc(OC)cc2)cc1. The number of methoxy groups -OCH3 is 2. The third-order valence-electron chi connectivity index (χ3n) is 2.99. The van der Waals surface area contributed by atoms with Crippen LogP contribution in [0.25, 0.3) is 0 Å².